The van der Waals surface area contributed by atoms with Gasteiger partial charge in [-0.15, -0.1) is 5.48 Å². The van der Waals surface area contributed by atoms with Crippen LogP contribution in [0.15, 0.2) is 54.9 Å². The van der Waals surface area contributed by atoms with Crippen LogP contribution in [0.4, 0.5) is 10.7 Å². The Morgan fingerprint density at radius 2 is 1.92 bits per heavy atom. The molecule has 196 valence electrons. The van der Waals surface area contributed by atoms with Crippen LogP contribution in [-0.4, -0.2) is 25.6 Å². The first-order valence-corrected chi connectivity index (χ1v) is 13.4. The molecule has 1 saturated heterocycles. The third-order valence-electron chi connectivity index (χ3n) is 7.42. The summed E-state index contributed by atoms with van der Waals surface area (Å²) < 4.78 is 2.27. The van der Waals surface area contributed by atoms with Crippen molar-refractivity contribution in [2.75, 3.05) is 5.32 Å². The van der Waals surface area contributed by atoms with Crippen molar-refractivity contribution in [2.24, 2.45) is 11.8 Å². The van der Waals surface area contributed by atoms with Crippen LogP contribution in [0.1, 0.15) is 50.0 Å². The van der Waals surface area contributed by atoms with E-state index in [-0.39, 0.29) is 0 Å². The number of halogens is 1. The number of fused-ring (bicyclic) bond motifs is 1. The van der Waals surface area contributed by atoms with Crippen molar-refractivity contribution < 1.29 is 9.63 Å². The monoisotopic (exact) mass is 531 g/mol. The van der Waals surface area contributed by atoms with Gasteiger partial charge in [-0.3, -0.25) is 10.3 Å². The molecule has 1 aromatic carbocycles. The molecule has 1 aliphatic heterocycles. The van der Waals surface area contributed by atoms with E-state index >= 15 is 0 Å². The van der Waals surface area contributed by atoms with Gasteiger partial charge in [0, 0.05) is 31.0 Å². The molecule has 4 aromatic rings. The summed E-state index contributed by atoms with van der Waals surface area (Å²) in [5.74, 6) is 2.11. The number of hydrogen-bond donors (Lipinski definition) is 3. The van der Waals surface area contributed by atoms with E-state index in [1.165, 1.54) is 31.2 Å². The smallest absolute Gasteiger partial charge is 0.352 e. The van der Waals surface area contributed by atoms with E-state index in [1.54, 1.807) is 12.4 Å². The lowest BCUT2D eigenvalue weighted by molar-refractivity contribution is 0.121. The number of hydroxylamine groups is 1. The summed E-state index contributed by atoms with van der Waals surface area (Å²) in [4.78, 5) is 31.0. The van der Waals surface area contributed by atoms with Gasteiger partial charge in [0.05, 0.1) is 27.4 Å². The van der Waals surface area contributed by atoms with Crippen LogP contribution in [0.2, 0.25) is 5.02 Å². The number of hydrogen-bond acceptors (Lipinski definition) is 7. The first kappa shape index (κ1) is 24.6. The normalized spacial score (nSPS) is 21.3. The minimum absolute atomic E-state index is 0.522. The fraction of sp³-hybridized carbons (Fsp3) is 0.357. The quantitative estimate of drug-likeness (QED) is 0.275. The summed E-state index contributed by atoms with van der Waals surface area (Å²) in [6.45, 7) is 3.82. The van der Waals surface area contributed by atoms with E-state index in [0.29, 0.717) is 28.9 Å². The molecule has 0 spiro atoms. The van der Waals surface area contributed by atoms with Gasteiger partial charge < -0.3 is 14.7 Å². The highest BCUT2D eigenvalue weighted by atomic mass is 35.5. The van der Waals surface area contributed by atoms with Gasteiger partial charge in [-0.2, -0.15) is 0 Å². The number of nitrogens with one attached hydrogen (secondary N) is 3. The lowest BCUT2D eigenvalue weighted by Gasteiger charge is -2.27. The number of rotatable bonds is 7. The van der Waals surface area contributed by atoms with Gasteiger partial charge >= 0.3 is 6.09 Å². The molecule has 1 unspecified atom stereocenters. The van der Waals surface area contributed by atoms with Crippen molar-refractivity contribution >= 4 is 34.7 Å². The van der Waals surface area contributed by atoms with Gasteiger partial charge in [0.25, 0.3) is 0 Å². The van der Waals surface area contributed by atoms with Crippen molar-refractivity contribution in [1.29, 1.82) is 0 Å². The van der Waals surface area contributed by atoms with Gasteiger partial charge in [-0.1, -0.05) is 61.7 Å². The third-order valence-corrected chi connectivity index (χ3v) is 7.63. The predicted molar refractivity (Wildman–Crippen MR) is 146 cm³/mol. The molecule has 1 amide bonds. The standard InChI is InChI=1S/C28H30ClN7O2/c1-17-7-9-19(10-8-17)16-36-25-22(33-27(36)31-13-18-5-3-2-4-6-18)12-23(26-34-28(37)38-35-26)32-24(25)20-11-21(29)15-30-14-20/h2-6,11-12,14-15,17,19,26,35H,7-10,13,16H2,1H3,(H,31,33)(H,34,37). The van der Waals surface area contributed by atoms with Gasteiger partial charge in [0.1, 0.15) is 0 Å². The molecule has 10 heteroatoms. The second-order valence-corrected chi connectivity index (χ2v) is 10.7. The number of aromatic nitrogens is 4. The van der Waals surface area contributed by atoms with Crippen molar-refractivity contribution in [3.63, 3.8) is 0 Å². The molecule has 1 atom stereocenters. The highest BCUT2D eigenvalue weighted by Crippen LogP contribution is 2.36. The molecule has 0 bridgehead atoms. The minimum atomic E-state index is -0.594. The van der Waals surface area contributed by atoms with E-state index < -0.39 is 12.3 Å². The van der Waals surface area contributed by atoms with Crippen LogP contribution in [0.5, 0.6) is 0 Å². The molecule has 9 nitrogen and oxygen atoms in total. The van der Waals surface area contributed by atoms with Crippen LogP contribution in [0, 0.1) is 11.8 Å². The molecule has 3 N–H and O–H groups in total. The topological polar surface area (TPSA) is 106 Å². The number of nitrogens with zero attached hydrogens (tertiary/aromatic N) is 4. The van der Waals surface area contributed by atoms with Crippen molar-refractivity contribution in [3.05, 3.63) is 71.1 Å². The fourth-order valence-corrected chi connectivity index (χ4v) is 5.52. The molecule has 2 fully saturated rings. The molecule has 38 heavy (non-hydrogen) atoms. The predicted octanol–water partition coefficient (Wildman–Crippen LogP) is 5.83. The zero-order valence-electron chi connectivity index (χ0n) is 21.2. The summed E-state index contributed by atoms with van der Waals surface area (Å²) in [6.07, 6.45) is 7.07. The Bertz CT molecular complexity index is 1450. The number of anilines is 1. The van der Waals surface area contributed by atoms with Crippen molar-refractivity contribution in [2.45, 2.75) is 51.9 Å². The van der Waals surface area contributed by atoms with Gasteiger partial charge in [-0.05, 0) is 42.4 Å². The summed E-state index contributed by atoms with van der Waals surface area (Å²) in [5, 5.41) is 6.83. The molecule has 1 aliphatic carbocycles. The zero-order valence-corrected chi connectivity index (χ0v) is 21.9. The summed E-state index contributed by atoms with van der Waals surface area (Å²) >= 11 is 6.35. The maximum atomic E-state index is 11.7. The third kappa shape index (κ3) is 5.16. The molecular weight excluding hydrogens is 502 g/mol. The summed E-state index contributed by atoms with van der Waals surface area (Å²) in [6, 6.07) is 14.0. The van der Waals surface area contributed by atoms with E-state index in [0.717, 1.165) is 35.0 Å². The number of carbonyl (C=O) groups is 1. The Kier molecular flexibility index (Phi) is 6.86. The Morgan fingerprint density at radius 1 is 1.11 bits per heavy atom. The maximum absolute atomic E-state index is 11.7. The van der Waals surface area contributed by atoms with Gasteiger partial charge in [0.15, 0.2) is 6.17 Å². The highest BCUT2D eigenvalue weighted by molar-refractivity contribution is 6.30. The minimum Gasteiger partial charge on any atom is -0.352 e. The number of imidazole rings is 1. The second kappa shape index (κ2) is 10.6. The van der Waals surface area contributed by atoms with Crippen LogP contribution in [0.3, 0.4) is 0 Å². The fourth-order valence-electron chi connectivity index (χ4n) is 5.35. The number of amides is 1. The summed E-state index contributed by atoms with van der Waals surface area (Å²) in [5.41, 5.74) is 7.63. The van der Waals surface area contributed by atoms with Crippen LogP contribution >= 0.6 is 11.6 Å². The first-order valence-electron chi connectivity index (χ1n) is 13.1. The maximum Gasteiger partial charge on any atom is 0.427 e. The Hall–Kier alpha value is -3.69. The van der Waals surface area contributed by atoms with Gasteiger partial charge in [0.2, 0.25) is 5.95 Å². The Labute approximate surface area is 225 Å². The van der Waals surface area contributed by atoms with E-state index in [9.17, 15) is 4.79 Å². The average Bonchev–Trinajstić information content (AvgIpc) is 3.52. The SMILES string of the molecule is CC1CCC(Cn2c(NCc3ccccc3)nc3cc(C4NOC(=O)N4)nc(-c4cncc(Cl)c4)c32)CC1. The molecule has 3 aromatic heterocycles. The van der Waals surface area contributed by atoms with E-state index in [1.807, 2.05) is 30.3 Å². The molecular formula is C28H30ClN7O2. The number of carbonyl (C=O) groups excluding carboxylic acids is 1. The van der Waals surface area contributed by atoms with E-state index in [2.05, 4.69) is 44.7 Å². The Morgan fingerprint density at radius 3 is 2.66 bits per heavy atom. The van der Waals surface area contributed by atoms with Gasteiger partial charge in [-0.25, -0.2) is 14.8 Å². The van der Waals surface area contributed by atoms with E-state index in [4.69, 9.17) is 26.4 Å². The second-order valence-electron chi connectivity index (χ2n) is 10.3. The highest BCUT2D eigenvalue weighted by Gasteiger charge is 2.29. The zero-order chi connectivity index (χ0) is 26.1. The van der Waals surface area contributed by atoms with Crippen molar-refractivity contribution in [1.82, 2.24) is 30.3 Å². The van der Waals surface area contributed by atoms with Crippen LogP contribution < -0.4 is 16.1 Å². The first-order chi connectivity index (χ1) is 18.5. The molecule has 2 aliphatic rings. The van der Waals surface area contributed by atoms with Crippen LogP contribution in [0.25, 0.3) is 22.3 Å². The number of benzene rings is 1. The lowest BCUT2D eigenvalue weighted by atomic mass is 9.83. The lowest BCUT2D eigenvalue weighted by Crippen LogP contribution is -2.23. The molecule has 6 rings (SSSR count). The van der Waals surface area contributed by atoms with Crippen LogP contribution in [-0.2, 0) is 17.9 Å². The summed E-state index contributed by atoms with van der Waals surface area (Å²) in [7, 11) is 0. The average molecular weight is 532 g/mol. The molecule has 1 saturated carbocycles. The number of pyridine rings is 2. The largest absolute Gasteiger partial charge is 0.427 e. The molecule has 4 heterocycles. The Balaban J connectivity index is 1.48. The van der Waals surface area contributed by atoms with Crippen molar-refractivity contribution in [3.8, 4) is 11.3 Å². The molecule has 0 radical (unpaired) electrons.